The van der Waals surface area contributed by atoms with Crippen molar-refractivity contribution in [2.75, 3.05) is 13.2 Å². The van der Waals surface area contributed by atoms with Gasteiger partial charge >= 0.3 is 5.97 Å². The first-order chi connectivity index (χ1) is 8.94. The van der Waals surface area contributed by atoms with Gasteiger partial charge in [-0.25, -0.2) is 4.79 Å². The highest BCUT2D eigenvalue weighted by Gasteiger charge is 2.44. The smallest absolute Gasteiger partial charge is 0.331 e. The van der Waals surface area contributed by atoms with E-state index in [-0.39, 0.29) is 13.0 Å². The van der Waals surface area contributed by atoms with Crippen molar-refractivity contribution in [2.24, 2.45) is 0 Å². The average molecular weight is 393 g/mol. The lowest BCUT2D eigenvalue weighted by molar-refractivity contribution is -0.144. The van der Waals surface area contributed by atoms with Crippen molar-refractivity contribution >= 4 is 43.7 Å². The minimum atomic E-state index is -1.33. The lowest BCUT2D eigenvalue weighted by Gasteiger charge is -2.24. The van der Waals surface area contributed by atoms with Crippen LogP contribution in [0, 0.1) is 0 Å². The maximum Gasteiger partial charge on any atom is 0.331 e. The summed E-state index contributed by atoms with van der Waals surface area (Å²) in [6, 6.07) is 5.07. The van der Waals surface area contributed by atoms with Crippen LogP contribution < -0.4 is 5.32 Å². The maximum absolute atomic E-state index is 12.2. The number of amides is 1. The van der Waals surface area contributed by atoms with Gasteiger partial charge in [0.1, 0.15) is 0 Å². The first-order valence-electron chi connectivity index (χ1n) is 5.53. The third-order valence-corrected chi connectivity index (χ3v) is 4.11. The quantitative estimate of drug-likeness (QED) is 0.826. The Bertz CT molecular complexity index is 526. The van der Waals surface area contributed by atoms with Crippen molar-refractivity contribution in [3.8, 4) is 0 Å². The molecule has 1 aliphatic heterocycles. The average Bonchev–Trinajstić information content (AvgIpc) is 2.78. The topological polar surface area (TPSA) is 75.6 Å². The fourth-order valence-electron chi connectivity index (χ4n) is 1.84. The molecule has 2 rings (SSSR count). The second kappa shape index (κ2) is 5.60. The van der Waals surface area contributed by atoms with Gasteiger partial charge in [0.15, 0.2) is 5.54 Å². The summed E-state index contributed by atoms with van der Waals surface area (Å²) in [5.74, 6) is -1.51. The van der Waals surface area contributed by atoms with Crippen molar-refractivity contribution < 1.29 is 19.4 Å². The number of ether oxygens (including phenoxy) is 1. The second-order valence-electron chi connectivity index (χ2n) is 4.27. The fourth-order valence-corrected chi connectivity index (χ4v) is 3.07. The van der Waals surface area contributed by atoms with Crippen molar-refractivity contribution in [2.45, 2.75) is 12.0 Å². The largest absolute Gasteiger partial charge is 0.479 e. The van der Waals surface area contributed by atoms with Crippen molar-refractivity contribution in [1.29, 1.82) is 0 Å². The van der Waals surface area contributed by atoms with E-state index >= 15 is 0 Å². The Kier molecular flexibility index (Phi) is 4.27. The molecule has 1 aromatic rings. The lowest BCUT2D eigenvalue weighted by atomic mass is 9.98. The van der Waals surface area contributed by atoms with Crippen LogP contribution in [0.2, 0.25) is 0 Å². The Labute approximate surface area is 126 Å². The molecule has 0 saturated carbocycles. The van der Waals surface area contributed by atoms with Gasteiger partial charge in [-0.1, -0.05) is 15.9 Å². The first kappa shape index (κ1) is 14.5. The zero-order valence-electron chi connectivity index (χ0n) is 9.78. The summed E-state index contributed by atoms with van der Waals surface area (Å²) in [5.41, 5.74) is -0.945. The number of carbonyl (C=O) groups excluding carboxylic acids is 1. The van der Waals surface area contributed by atoms with E-state index in [1.165, 1.54) is 0 Å². The normalized spacial score (nSPS) is 22.2. The molecule has 19 heavy (non-hydrogen) atoms. The number of aliphatic carboxylic acids is 1. The minimum Gasteiger partial charge on any atom is -0.479 e. The van der Waals surface area contributed by atoms with E-state index in [4.69, 9.17) is 4.74 Å². The Morgan fingerprint density at radius 1 is 1.37 bits per heavy atom. The highest BCUT2D eigenvalue weighted by atomic mass is 79.9. The van der Waals surface area contributed by atoms with E-state index in [1.807, 2.05) is 0 Å². The number of hydrogen-bond acceptors (Lipinski definition) is 3. The van der Waals surface area contributed by atoms with E-state index in [0.29, 0.717) is 16.6 Å². The number of carboxylic acids is 1. The van der Waals surface area contributed by atoms with E-state index in [9.17, 15) is 14.7 Å². The Hall–Kier alpha value is -0.920. The zero-order chi connectivity index (χ0) is 14.0. The fraction of sp³-hybridized carbons (Fsp3) is 0.333. The molecule has 5 nitrogen and oxygen atoms in total. The SMILES string of the molecule is O=C(NC1(C(=O)O)CCOC1)c1ccc(Br)cc1Br. The molecule has 1 fully saturated rings. The molecule has 0 bridgehead atoms. The van der Waals surface area contributed by atoms with E-state index in [1.54, 1.807) is 18.2 Å². The van der Waals surface area contributed by atoms with E-state index < -0.39 is 17.4 Å². The molecule has 1 amide bonds. The van der Waals surface area contributed by atoms with E-state index in [0.717, 1.165) is 4.47 Å². The number of carboxylic acid groups (broad SMARTS) is 1. The van der Waals surface area contributed by atoms with Crippen molar-refractivity contribution in [1.82, 2.24) is 5.32 Å². The van der Waals surface area contributed by atoms with Crippen LogP contribution in [0.25, 0.3) is 0 Å². The molecule has 1 unspecified atom stereocenters. The zero-order valence-corrected chi connectivity index (χ0v) is 13.0. The van der Waals surface area contributed by atoms with Crippen LogP contribution in [0.3, 0.4) is 0 Å². The summed E-state index contributed by atoms with van der Waals surface area (Å²) in [4.78, 5) is 23.5. The van der Waals surface area contributed by atoms with Gasteiger partial charge in [-0.05, 0) is 34.1 Å². The van der Waals surface area contributed by atoms with Gasteiger partial charge in [0, 0.05) is 22.0 Å². The Balaban J connectivity index is 2.22. The second-order valence-corrected chi connectivity index (χ2v) is 6.04. The van der Waals surface area contributed by atoms with Crippen LogP contribution in [-0.4, -0.2) is 35.7 Å². The number of carbonyl (C=O) groups is 2. The van der Waals surface area contributed by atoms with Crippen LogP contribution in [0.15, 0.2) is 27.1 Å². The third-order valence-electron chi connectivity index (χ3n) is 2.96. The van der Waals surface area contributed by atoms with E-state index in [2.05, 4.69) is 37.2 Å². The van der Waals surface area contributed by atoms with Gasteiger partial charge in [0.05, 0.1) is 12.2 Å². The summed E-state index contributed by atoms with van der Waals surface area (Å²) < 4.78 is 6.52. The summed E-state index contributed by atoms with van der Waals surface area (Å²) in [6.07, 6.45) is 0.266. The van der Waals surface area contributed by atoms with Crippen molar-refractivity contribution in [3.05, 3.63) is 32.7 Å². The molecular formula is C12H11Br2NO4. The van der Waals surface area contributed by atoms with Gasteiger partial charge in [0.2, 0.25) is 0 Å². The number of benzene rings is 1. The predicted octanol–water partition coefficient (Wildman–Crippen LogP) is 2.19. The van der Waals surface area contributed by atoms with Crippen LogP contribution >= 0.6 is 31.9 Å². The summed E-state index contributed by atoms with van der Waals surface area (Å²) >= 11 is 6.57. The van der Waals surface area contributed by atoms with Gasteiger partial charge in [-0.3, -0.25) is 4.79 Å². The summed E-state index contributed by atoms with van der Waals surface area (Å²) in [6.45, 7) is 0.316. The molecular weight excluding hydrogens is 382 g/mol. The molecule has 1 heterocycles. The highest BCUT2D eigenvalue weighted by molar-refractivity contribution is 9.11. The molecule has 1 aromatic carbocycles. The van der Waals surface area contributed by atoms with Crippen LogP contribution in [0.5, 0.6) is 0 Å². The highest BCUT2D eigenvalue weighted by Crippen LogP contribution is 2.24. The van der Waals surface area contributed by atoms with Gasteiger partial charge in [-0.2, -0.15) is 0 Å². The lowest BCUT2D eigenvalue weighted by Crippen LogP contribution is -2.55. The standard InChI is InChI=1S/C12H11Br2NO4/c13-7-1-2-8(9(14)5-7)10(16)15-12(11(17)18)3-4-19-6-12/h1-2,5H,3-4,6H2,(H,15,16)(H,17,18). The number of nitrogens with one attached hydrogen (secondary N) is 1. The molecule has 102 valence electrons. The molecule has 7 heteroatoms. The van der Waals surface area contributed by atoms with Crippen LogP contribution in [0.1, 0.15) is 16.8 Å². The molecule has 2 N–H and O–H groups in total. The van der Waals surface area contributed by atoms with Crippen LogP contribution in [-0.2, 0) is 9.53 Å². The monoisotopic (exact) mass is 391 g/mol. The predicted molar refractivity (Wildman–Crippen MR) is 75.1 cm³/mol. The van der Waals surface area contributed by atoms with Crippen LogP contribution in [0.4, 0.5) is 0 Å². The van der Waals surface area contributed by atoms with Crippen molar-refractivity contribution in [3.63, 3.8) is 0 Å². The van der Waals surface area contributed by atoms with Gasteiger partial charge in [-0.15, -0.1) is 0 Å². The minimum absolute atomic E-state index is 0.0117. The first-order valence-corrected chi connectivity index (χ1v) is 7.12. The van der Waals surface area contributed by atoms with Gasteiger partial charge < -0.3 is 15.2 Å². The molecule has 0 radical (unpaired) electrons. The number of halogens is 2. The third kappa shape index (κ3) is 2.98. The Morgan fingerprint density at radius 3 is 2.63 bits per heavy atom. The maximum atomic E-state index is 12.2. The Morgan fingerprint density at radius 2 is 2.11 bits per heavy atom. The number of rotatable bonds is 3. The molecule has 1 saturated heterocycles. The number of hydrogen-bond donors (Lipinski definition) is 2. The molecule has 1 aliphatic rings. The summed E-state index contributed by atoms with van der Waals surface area (Å²) in [5, 5.41) is 11.8. The molecule has 0 aromatic heterocycles. The van der Waals surface area contributed by atoms with Gasteiger partial charge in [0.25, 0.3) is 5.91 Å². The summed E-state index contributed by atoms with van der Waals surface area (Å²) in [7, 11) is 0. The molecule has 1 atom stereocenters. The molecule has 0 aliphatic carbocycles. The molecule has 0 spiro atoms.